The van der Waals surface area contributed by atoms with Gasteiger partial charge < -0.3 is 4.42 Å². The number of benzene rings is 1. The number of hydrogen-bond acceptors (Lipinski definition) is 2. The number of aromatic nitrogens is 1. The van der Waals surface area contributed by atoms with Crippen LogP contribution >= 0.6 is 15.9 Å². The average molecular weight is 296 g/mol. The molecule has 1 aromatic heterocycles. The minimum atomic E-state index is 0.0514. The Bertz CT molecular complexity index is 549. The fourth-order valence-electron chi connectivity index (χ4n) is 1.82. The highest BCUT2D eigenvalue weighted by Crippen LogP contribution is 2.34. The molecule has 2 nitrogen and oxygen atoms in total. The van der Waals surface area contributed by atoms with E-state index in [0.717, 1.165) is 21.5 Å². The second kappa shape index (κ2) is 4.13. The van der Waals surface area contributed by atoms with Gasteiger partial charge in [-0.05, 0) is 17.5 Å². The molecule has 1 heterocycles. The van der Waals surface area contributed by atoms with E-state index in [-0.39, 0.29) is 5.41 Å². The van der Waals surface area contributed by atoms with E-state index in [9.17, 15) is 0 Å². The van der Waals surface area contributed by atoms with Crippen molar-refractivity contribution in [3.63, 3.8) is 0 Å². The average Bonchev–Trinajstić information content (AvgIpc) is 2.58. The van der Waals surface area contributed by atoms with Crippen molar-refractivity contribution in [1.82, 2.24) is 4.98 Å². The number of halogens is 1. The second-order valence-electron chi connectivity index (χ2n) is 5.76. The first-order chi connectivity index (χ1) is 7.79. The third kappa shape index (κ3) is 2.39. The molecule has 0 N–H and O–H groups in total. The molecule has 3 heteroatoms. The Labute approximate surface area is 111 Å². The van der Waals surface area contributed by atoms with Crippen LogP contribution in [0.15, 0.2) is 21.0 Å². The van der Waals surface area contributed by atoms with Crippen LogP contribution < -0.4 is 0 Å². The van der Waals surface area contributed by atoms with Crippen LogP contribution in [-0.2, 0) is 5.41 Å². The lowest BCUT2D eigenvalue weighted by Crippen LogP contribution is -2.11. The van der Waals surface area contributed by atoms with Crippen LogP contribution in [0.4, 0.5) is 0 Å². The molecule has 17 heavy (non-hydrogen) atoms. The molecular weight excluding hydrogens is 278 g/mol. The van der Waals surface area contributed by atoms with E-state index >= 15 is 0 Å². The molecule has 1 aromatic carbocycles. The summed E-state index contributed by atoms with van der Waals surface area (Å²) in [6.45, 7) is 10.7. The van der Waals surface area contributed by atoms with Crippen LogP contribution in [0.1, 0.15) is 52.0 Å². The Morgan fingerprint density at radius 1 is 1.24 bits per heavy atom. The maximum absolute atomic E-state index is 5.91. The third-order valence-corrected chi connectivity index (χ3v) is 3.23. The lowest BCUT2D eigenvalue weighted by atomic mass is 9.86. The lowest BCUT2D eigenvalue weighted by Gasteiger charge is -2.19. The van der Waals surface area contributed by atoms with Gasteiger partial charge in [-0.3, -0.25) is 0 Å². The number of nitrogens with zero attached hydrogens (tertiary/aromatic N) is 1. The Morgan fingerprint density at radius 3 is 2.41 bits per heavy atom. The highest BCUT2D eigenvalue weighted by Gasteiger charge is 2.22. The molecule has 0 aliphatic rings. The molecule has 0 bridgehead atoms. The summed E-state index contributed by atoms with van der Waals surface area (Å²) < 4.78 is 6.96. The van der Waals surface area contributed by atoms with Crippen molar-refractivity contribution in [2.24, 2.45) is 0 Å². The molecule has 0 unspecified atom stereocenters. The summed E-state index contributed by atoms with van der Waals surface area (Å²) in [7, 11) is 0. The van der Waals surface area contributed by atoms with E-state index in [4.69, 9.17) is 4.42 Å². The van der Waals surface area contributed by atoms with Crippen LogP contribution in [-0.4, -0.2) is 4.98 Å². The Kier molecular flexibility index (Phi) is 3.06. The summed E-state index contributed by atoms with van der Waals surface area (Å²) in [5, 5.41) is 0. The van der Waals surface area contributed by atoms with Gasteiger partial charge in [0.15, 0.2) is 11.5 Å². The monoisotopic (exact) mass is 295 g/mol. The van der Waals surface area contributed by atoms with Gasteiger partial charge in [-0.15, -0.1) is 0 Å². The standard InChI is InChI=1S/C14H18BrNO/c1-8(2)13-16-11-7-9(15)6-10(12(11)17-13)14(3,4)5/h6-8H,1-5H3. The predicted octanol–water partition coefficient (Wildman–Crippen LogP) is 5.01. The van der Waals surface area contributed by atoms with Crippen molar-refractivity contribution in [2.75, 3.05) is 0 Å². The maximum atomic E-state index is 5.91. The van der Waals surface area contributed by atoms with Crippen LogP contribution in [0.3, 0.4) is 0 Å². The van der Waals surface area contributed by atoms with Gasteiger partial charge in [0.2, 0.25) is 0 Å². The molecule has 2 rings (SSSR count). The first-order valence-electron chi connectivity index (χ1n) is 5.89. The van der Waals surface area contributed by atoms with Gasteiger partial charge in [0.05, 0.1) is 0 Å². The first-order valence-corrected chi connectivity index (χ1v) is 6.69. The molecule has 0 radical (unpaired) electrons. The highest BCUT2D eigenvalue weighted by atomic mass is 79.9. The van der Waals surface area contributed by atoms with Gasteiger partial charge in [-0.1, -0.05) is 50.5 Å². The van der Waals surface area contributed by atoms with Crippen molar-refractivity contribution < 1.29 is 4.42 Å². The van der Waals surface area contributed by atoms with E-state index < -0.39 is 0 Å². The summed E-state index contributed by atoms with van der Waals surface area (Å²) in [6, 6.07) is 4.14. The van der Waals surface area contributed by atoms with Gasteiger partial charge in [0.1, 0.15) is 5.52 Å². The topological polar surface area (TPSA) is 26.0 Å². The highest BCUT2D eigenvalue weighted by molar-refractivity contribution is 9.10. The molecule has 0 spiro atoms. The Hall–Kier alpha value is -0.830. The van der Waals surface area contributed by atoms with E-state index in [1.54, 1.807) is 0 Å². The van der Waals surface area contributed by atoms with Crippen molar-refractivity contribution in [1.29, 1.82) is 0 Å². The van der Waals surface area contributed by atoms with Crippen molar-refractivity contribution in [3.8, 4) is 0 Å². The number of fused-ring (bicyclic) bond motifs is 1. The third-order valence-electron chi connectivity index (χ3n) is 2.77. The zero-order chi connectivity index (χ0) is 12.8. The first kappa shape index (κ1) is 12.6. The predicted molar refractivity (Wildman–Crippen MR) is 74.5 cm³/mol. The van der Waals surface area contributed by atoms with Crippen LogP contribution in [0.25, 0.3) is 11.1 Å². The molecule has 2 aromatic rings. The van der Waals surface area contributed by atoms with E-state index in [1.807, 2.05) is 6.07 Å². The number of hydrogen-bond donors (Lipinski definition) is 0. The summed E-state index contributed by atoms with van der Waals surface area (Å²) in [4.78, 5) is 4.55. The van der Waals surface area contributed by atoms with Crippen molar-refractivity contribution in [2.45, 2.75) is 46.0 Å². The molecule has 0 atom stereocenters. The minimum Gasteiger partial charge on any atom is -0.440 e. The normalized spacial score (nSPS) is 12.6. The number of rotatable bonds is 1. The molecule has 0 amide bonds. The fraction of sp³-hybridized carbons (Fsp3) is 0.500. The van der Waals surface area contributed by atoms with Gasteiger partial charge >= 0.3 is 0 Å². The second-order valence-corrected chi connectivity index (χ2v) is 6.67. The molecular formula is C14H18BrNO. The van der Waals surface area contributed by atoms with Gasteiger partial charge in [0, 0.05) is 16.0 Å². The van der Waals surface area contributed by atoms with Crippen LogP contribution in [0.2, 0.25) is 0 Å². The van der Waals surface area contributed by atoms with E-state index in [0.29, 0.717) is 5.92 Å². The largest absolute Gasteiger partial charge is 0.440 e. The Balaban J connectivity index is 2.75. The summed E-state index contributed by atoms with van der Waals surface area (Å²) in [5.41, 5.74) is 3.11. The van der Waals surface area contributed by atoms with E-state index in [2.05, 4.69) is 61.6 Å². The smallest absolute Gasteiger partial charge is 0.198 e. The van der Waals surface area contributed by atoms with Gasteiger partial charge in [0.25, 0.3) is 0 Å². The summed E-state index contributed by atoms with van der Waals surface area (Å²) in [5.74, 6) is 1.12. The summed E-state index contributed by atoms with van der Waals surface area (Å²) >= 11 is 3.54. The van der Waals surface area contributed by atoms with Crippen LogP contribution in [0.5, 0.6) is 0 Å². The maximum Gasteiger partial charge on any atom is 0.198 e. The minimum absolute atomic E-state index is 0.0514. The quantitative estimate of drug-likeness (QED) is 0.739. The SMILES string of the molecule is CC(C)c1nc2cc(Br)cc(C(C)(C)C)c2o1. The molecule has 0 saturated carbocycles. The van der Waals surface area contributed by atoms with E-state index in [1.165, 1.54) is 5.56 Å². The molecule has 0 aliphatic carbocycles. The zero-order valence-electron chi connectivity index (χ0n) is 11.0. The zero-order valence-corrected chi connectivity index (χ0v) is 12.6. The van der Waals surface area contributed by atoms with Crippen molar-refractivity contribution >= 4 is 27.0 Å². The molecule has 0 saturated heterocycles. The van der Waals surface area contributed by atoms with Gasteiger partial charge in [-0.25, -0.2) is 4.98 Å². The number of oxazole rings is 1. The Morgan fingerprint density at radius 2 is 1.88 bits per heavy atom. The molecule has 92 valence electrons. The molecule has 0 fully saturated rings. The van der Waals surface area contributed by atoms with Crippen LogP contribution in [0, 0.1) is 0 Å². The van der Waals surface area contributed by atoms with Crippen molar-refractivity contribution in [3.05, 3.63) is 28.1 Å². The summed E-state index contributed by atoms with van der Waals surface area (Å²) in [6.07, 6.45) is 0. The molecule has 0 aliphatic heterocycles. The fourth-order valence-corrected chi connectivity index (χ4v) is 2.27. The lowest BCUT2D eigenvalue weighted by molar-refractivity contribution is 0.489. The van der Waals surface area contributed by atoms with Gasteiger partial charge in [-0.2, -0.15) is 0 Å².